The van der Waals surface area contributed by atoms with Gasteiger partial charge in [-0.25, -0.2) is 0 Å². The van der Waals surface area contributed by atoms with Crippen LogP contribution in [0.3, 0.4) is 0 Å². The van der Waals surface area contributed by atoms with Gasteiger partial charge >= 0.3 is 5.97 Å². The van der Waals surface area contributed by atoms with E-state index in [0.29, 0.717) is 5.56 Å². The Morgan fingerprint density at radius 2 is 1.78 bits per heavy atom. The monoisotopic (exact) mass is 283 g/mol. The molecule has 1 aromatic heterocycles. The Bertz CT molecular complexity index is 482. The van der Waals surface area contributed by atoms with Crippen molar-refractivity contribution in [2.24, 2.45) is 0 Å². The molecule has 0 unspecified atom stereocenters. The molecule has 1 heterocycles. The molecule has 0 spiro atoms. The van der Waals surface area contributed by atoms with E-state index < -0.39 is 5.97 Å². The van der Waals surface area contributed by atoms with Crippen molar-refractivity contribution in [2.75, 3.05) is 0 Å². The summed E-state index contributed by atoms with van der Waals surface area (Å²) in [6.45, 7) is 1.62. The highest BCUT2D eigenvalue weighted by molar-refractivity contribution is 7.07. The van der Waals surface area contributed by atoms with Crippen molar-refractivity contribution in [3.05, 3.63) is 57.8 Å². The van der Waals surface area contributed by atoms with Crippen LogP contribution in [0.5, 0.6) is 0 Å². The first-order valence-corrected chi connectivity index (χ1v) is 6.26. The molecule has 0 aliphatic rings. The molecule has 0 amide bonds. The summed E-state index contributed by atoms with van der Waals surface area (Å²) in [6.07, 6.45) is 0. The normalized spacial score (nSPS) is 9.78. The number of hydrogen-bond donors (Lipinski definition) is 1. The minimum atomic E-state index is -0.636. The fourth-order valence-electron chi connectivity index (χ4n) is 1.52. The van der Waals surface area contributed by atoms with Crippen LogP contribution < -0.4 is 17.7 Å². The molecule has 0 fully saturated rings. The van der Waals surface area contributed by atoms with Crippen LogP contribution in [0.15, 0.2) is 41.1 Å². The van der Waals surface area contributed by atoms with Crippen molar-refractivity contribution in [2.45, 2.75) is 13.1 Å². The molecule has 0 saturated carbocycles. The Morgan fingerprint density at radius 1 is 1.11 bits per heavy atom. The Labute approximate surface area is 116 Å². The van der Waals surface area contributed by atoms with Gasteiger partial charge in [-0.1, -0.05) is 12.1 Å². The average molecular weight is 284 g/mol. The van der Waals surface area contributed by atoms with E-state index in [9.17, 15) is 4.79 Å². The first-order valence-electron chi connectivity index (χ1n) is 5.32. The van der Waals surface area contributed by atoms with Crippen molar-refractivity contribution in [1.82, 2.24) is 5.32 Å². The zero-order chi connectivity index (χ0) is 12.1. The Hall–Kier alpha value is -1.36. The van der Waals surface area contributed by atoms with Crippen molar-refractivity contribution in [1.29, 1.82) is 0 Å². The van der Waals surface area contributed by atoms with E-state index >= 15 is 0 Å². The van der Waals surface area contributed by atoms with Gasteiger partial charge in [-0.05, 0) is 40.1 Å². The highest BCUT2D eigenvalue weighted by atomic mass is 35.5. The molecule has 5 heteroatoms. The lowest BCUT2D eigenvalue weighted by molar-refractivity contribution is -0.0000190. The smallest absolute Gasteiger partial charge is 0.549 e. The third-order valence-electron chi connectivity index (χ3n) is 2.45. The predicted octanol–water partition coefficient (Wildman–Crippen LogP) is -1.09. The predicted molar refractivity (Wildman–Crippen MR) is 69.2 cm³/mol. The number of rotatable bonds is 5. The molecule has 1 aromatic carbocycles. The number of carbonyl (C=O) groups excluding carboxylic acids is 1. The third-order valence-corrected chi connectivity index (χ3v) is 3.19. The van der Waals surface area contributed by atoms with Crippen LogP contribution in [-0.2, 0) is 13.1 Å². The van der Waals surface area contributed by atoms with Crippen LogP contribution in [0.25, 0.3) is 0 Å². The topological polar surface area (TPSA) is 52.0 Å². The van der Waals surface area contributed by atoms with Gasteiger partial charge in [0.25, 0.3) is 0 Å². The van der Waals surface area contributed by atoms with Gasteiger partial charge in [0.2, 0.25) is 0 Å². The molecule has 0 bridgehead atoms. The van der Waals surface area contributed by atoms with Crippen LogP contribution in [-0.4, -0.2) is 11.1 Å². The lowest BCUT2D eigenvalue weighted by Gasteiger charge is -2.03. The maximum Gasteiger partial charge on any atom is 0.549 e. The number of halogens is 1. The van der Waals surface area contributed by atoms with E-state index in [1.54, 1.807) is 23.5 Å². The van der Waals surface area contributed by atoms with Crippen LogP contribution >= 0.6 is 11.3 Å². The molecule has 0 atom stereocenters. The summed E-state index contributed by atoms with van der Waals surface area (Å²) >= 11 is 1.69. The van der Waals surface area contributed by atoms with Gasteiger partial charge in [0.05, 0.1) is 0 Å². The molecule has 2 aromatic rings. The van der Waals surface area contributed by atoms with E-state index in [1.165, 1.54) is 5.56 Å². The van der Waals surface area contributed by atoms with Gasteiger partial charge in [-0.2, -0.15) is 11.3 Å². The van der Waals surface area contributed by atoms with Crippen LogP contribution in [0.2, 0.25) is 0 Å². The number of nitrogens with one attached hydrogen (secondary N) is 1. The van der Waals surface area contributed by atoms with Crippen molar-refractivity contribution in [3.63, 3.8) is 0 Å². The summed E-state index contributed by atoms with van der Waals surface area (Å²) in [6, 6.07) is 9.23. The second kappa shape index (κ2) is 7.16. The minimum Gasteiger partial charge on any atom is -1.00 e. The molecular formula is C13H14ClNO2S. The molecule has 0 radical (unpaired) electrons. The first kappa shape index (κ1) is 14.7. The first-order chi connectivity index (χ1) is 8.25. The van der Waals surface area contributed by atoms with Gasteiger partial charge in [0, 0.05) is 17.9 Å². The van der Waals surface area contributed by atoms with Gasteiger partial charge in [0.15, 0.2) is 0 Å². The second-order valence-electron chi connectivity index (χ2n) is 3.76. The van der Waals surface area contributed by atoms with E-state index in [0.717, 1.165) is 18.7 Å². The summed E-state index contributed by atoms with van der Waals surface area (Å²) in [7, 11) is 0. The second-order valence-corrected chi connectivity index (χ2v) is 4.54. The maximum atomic E-state index is 10.8. The quantitative estimate of drug-likeness (QED) is 0.709. The standard InChI is InChI=1S/C13H13NO2S.ClH/c15-13(16)12-3-1-10(2-4-12)7-14-8-11-5-6-17-9-11;/h1-6,9,14H,7-8H2,(H,15,16);1H. The Morgan fingerprint density at radius 3 is 2.33 bits per heavy atom. The van der Waals surface area contributed by atoms with Gasteiger partial charge in [-0.15, -0.1) is 0 Å². The van der Waals surface area contributed by atoms with Crippen LogP contribution in [0.1, 0.15) is 21.5 Å². The largest absolute Gasteiger partial charge is 1.00 e. The van der Waals surface area contributed by atoms with Gasteiger partial charge < -0.3 is 22.8 Å². The van der Waals surface area contributed by atoms with Gasteiger partial charge in [0.1, 0.15) is 5.56 Å². The lowest BCUT2D eigenvalue weighted by Crippen LogP contribution is -3.00. The molecule has 2 rings (SSSR count). The van der Waals surface area contributed by atoms with Crippen molar-refractivity contribution < 1.29 is 22.3 Å². The summed E-state index contributed by atoms with van der Waals surface area (Å²) in [5.74, 6) is -0.636. The molecule has 96 valence electrons. The summed E-state index contributed by atoms with van der Waals surface area (Å²) in [4.78, 5) is 10.8. The number of benzene rings is 1. The molecule has 3 nitrogen and oxygen atoms in total. The number of thiophene rings is 1. The number of carbonyl (C=O) groups is 1. The van der Waals surface area contributed by atoms with E-state index in [2.05, 4.69) is 22.1 Å². The molecule has 0 aliphatic heterocycles. The van der Waals surface area contributed by atoms with Gasteiger partial charge in [-0.3, -0.25) is 0 Å². The van der Waals surface area contributed by atoms with Crippen molar-refractivity contribution >= 4 is 17.3 Å². The molecule has 0 aliphatic carbocycles. The lowest BCUT2D eigenvalue weighted by atomic mass is 10.1. The van der Waals surface area contributed by atoms with Crippen molar-refractivity contribution in [3.8, 4) is 0 Å². The summed E-state index contributed by atoms with van der Waals surface area (Å²) in [5, 5.41) is 14.5. The molecule has 3 N–H and O–H groups in total. The highest BCUT2D eigenvalue weighted by Gasteiger charge is 2.09. The zero-order valence-electron chi connectivity index (χ0n) is 9.65. The fraction of sp³-hybridized carbons (Fsp3) is 0.154. The van der Waals surface area contributed by atoms with Crippen LogP contribution in [0, 0.1) is 0 Å². The fourth-order valence-corrected chi connectivity index (χ4v) is 2.19. The SMILES string of the molecule is O=C([OH2+])c1ccc(CNCc2ccsc2)cc1.[Cl-]. The minimum absolute atomic E-state index is 0. The molecule has 0 saturated heterocycles. The molecule has 18 heavy (non-hydrogen) atoms. The van der Waals surface area contributed by atoms with Crippen LogP contribution in [0.4, 0.5) is 0 Å². The summed E-state index contributed by atoms with van der Waals surface area (Å²) < 4.78 is 0. The zero-order valence-corrected chi connectivity index (χ0v) is 11.2. The Balaban J connectivity index is 0.00000162. The number of hydrogen-bond acceptors (Lipinski definition) is 3. The third kappa shape index (κ3) is 4.14. The average Bonchev–Trinajstić information content (AvgIpc) is 2.83. The maximum absolute atomic E-state index is 10.8. The highest BCUT2D eigenvalue weighted by Crippen LogP contribution is 2.07. The summed E-state index contributed by atoms with van der Waals surface area (Å²) in [5.41, 5.74) is 2.84. The Kier molecular flexibility index (Phi) is 5.85. The molecular weight excluding hydrogens is 270 g/mol. The van der Waals surface area contributed by atoms with E-state index in [4.69, 9.17) is 5.11 Å². The van der Waals surface area contributed by atoms with E-state index in [1.807, 2.05) is 12.1 Å². The van der Waals surface area contributed by atoms with E-state index in [-0.39, 0.29) is 12.4 Å².